The summed E-state index contributed by atoms with van der Waals surface area (Å²) in [6, 6.07) is 6.58. The molecule has 1 heterocycles. The molecule has 15 heavy (non-hydrogen) atoms. The average molecular weight is 206 g/mol. The van der Waals surface area contributed by atoms with E-state index in [4.69, 9.17) is 4.74 Å². The minimum Gasteiger partial charge on any atom is -0.497 e. The van der Waals surface area contributed by atoms with E-state index in [0.29, 0.717) is 12.0 Å². The van der Waals surface area contributed by atoms with Crippen LogP contribution in [0.15, 0.2) is 18.2 Å². The lowest BCUT2D eigenvalue weighted by Crippen LogP contribution is -2.36. The minimum atomic E-state index is 0.505. The van der Waals surface area contributed by atoms with Gasteiger partial charge < -0.3 is 15.4 Å². The highest BCUT2D eigenvalue weighted by atomic mass is 16.5. The van der Waals surface area contributed by atoms with Crippen LogP contribution in [0.3, 0.4) is 0 Å². The van der Waals surface area contributed by atoms with Crippen molar-refractivity contribution in [1.82, 2.24) is 0 Å². The average Bonchev–Trinajstić information content (AvgIpc) is 2.27. The summed E-state index contributed by atoms with van der Waals surface area (Å²) in [5.41, 5.74) is 2.30. The second-order valence-electron chi connectivity index (χ2n) is 4.29. The molecule has 1 unspecified atom stereocenters. The number of anilines is 2. The SMILES string of the molecule is COc1ccc2c(c1)NCC(C(C)C)N2. The van der Waals surface area contributed by atoms with Gasteiger partial charge in [-0.1, -0.05) is 13.8 Å². The first-order valence-electron chi connectivity index (χ1n) is 5.39. The Hall–Kier alpha value is -1.38. The first-order chi connectivity index (χ1) is 7.20. The van der Waals surface area contributed by atoms with Gasteiger partial charge in [-0.15, -0.1) is 0 Å². The summed E-state index contributed by atoms with van der Waals surface area (Å²) in [5, 5.41) is 6.96. The Morgan fingerprint density at radius 2 is 2.13 bits per heavy atom. The van der Waals surface area contributed by atoms with E-state index < -0.39 is 0 Å². The number of hydrogen-bond donors (Lipinski definition) is 2. The summed E-state index contributed by atoms with van der Waals surface area (Å²) in [6.07, 6.45) is 0. The smallest absolute Gasteiger partial charge is 0.121 e. The summed E-state index contributed by atoms with van der Waals surface area (Å²) in [7, 11) is 1.69. The maximum Gasteiger partial charge on any atom is 0.121 e. The van der Waals surface area contributed by atoms with E-state index in [9.17, 15) is 0 Å². The highest BCUT2D eigenvalue weighted by Gasteiger charge is 2.19. The quantitative estimate of drug-likeness (QED) is 0.780. The van der Waals surface area contributed by atoms with Gasteiger partial charge in [0, 0.05) is 18.7 Å². The third kappa shape index (κ3) is 2.01. The Morgan fingerprint density at radius 3 is 2.80 bits per heavy atom. The molecule has 1 atom stereocenters. The fourth-order valence-corrected chi connectivity index (χ4v) is 1.80. The van der Waals surface area contributed by atoms with Gasteiger partial charge in [0.2, 0.25) is 0 Å². The lowest BCUT2D eigenvalue weighted by molar-refractivity contribution is 0.415. The highest BCUT2D eigenvalue weighted by molar-refractivity contribution is 5.73. The molecule has 0 aliphatic carbocycles. The Balaban J connectivity index is 2.21. The van der Waals surface area contributed by atoms with E-state index in [0.717, 1.165) is 18.0 Å². The Bertz CT molecular complexity index is 349. The molecule has 0 aromatic heterocycles. The van der Waals surface area contributed by atoms with Crippen LogP contribution in [0.25, 0.3) is 0 Å². The van der Waals surface area contributed by atoms with Gasteiger partial charge in [0.25, 0.3) is 0 Å². The third-order valence-corrected chi connectivity index (χ3v) is 2.88. The molecular formula is C12H18N2O. The van der Waals surface area contributed by atoms with Crippen molar-refractivity contribution in [2.24, 2.45) is 5.92 Å². The van der Waals surface area contributed by atoms with E-state index in [-0.39, 0.29) is 0 Å². The van der Waals surface area contributed by atoms with Crippen LogP contribution in [0.4, 0.5) is 11.4 Å². The van der Waals surface area contributed by atoms with Crippen LogP contribution in [-0.2, 0) is 0 Å². The molecule has 0 amide bonds. The van der Waals surface area contributed by atoms with Gasteiger partial charge >= 0.3 is 0 Å². The van der Waals surface area contributed by atoms with Crippen molar-refractivity contribution in [3.05, 3.63) is 18.2 Å². The summed E-state index contributed by atoms with van der Waals surface area (Å²) in [4.78, 5) is 0. The summed E-state index contributed by atoms with van der Waals surface area (Å²) in [5.74, 6) is 1.53. The fourth-order valence-electron chi connectivity index (χ4n) is 1.80. The first-order valence-corrected chi connectivity index (χ1v) is 5.39. The fraction of sp³-hybridized carbons (Fsp3) is 0.500. The van der Waals surface area contributed by atoms with Crippen molar-refractivity contribution in [3.8, 4) is 5.75 Å². The maximum atomic E-state index is 5.19. The van der Waals surface area contributed by atoms with Gasteiger partial charge in [-0.2, -0.15) is 0 Å². The normalized spacial score (nSPS) is 19.1. The molecule has 2 N–H and O–H groups in total. The Morgan fingerprint density at radius 1 is 1.33 bits per heavy atom. The predicted octanol–water partition coefficient (Wildman–Crippen LogP) is 2.56. The van der Waals surface area contributed by atoms with Crippen LogP contribution in [-0.4, -0.2) is 19.7 Å². The van der Waals surface area contributed by atoms with Crippen LogP contribution in [0.1, 0.15) is 13.8 Å². The van der Waals surface area contributed by atoms with Crippen LogP contribution in [0, 0.1) is 5.92 Å². The van der Waals surface area contributed by atoms with Crippen molar-refractivity contribution in [2.75, 3.05) is 24.3 Å². The highest BCUT2D eigenvalue weighted by Crippen LogP contribution is 2.31. The summed E-state index contributed by atoms with van der Waals surface area (Å²) < 4.78 is 5.19. The zero-order valence-electron chi connectivity index (χ0n) is 9.50. The van der Waals surface area contributed by atoms with E-state index >= 15 is 0 Å². The second kappa shape index (κ2) is 4.01. The molecule has 1 aromatic carbocycles. The maximum absolute atomic E-state index is 5.19. The largest absolute Gasteiger partial charge is 0.497 e. The number of ether oxygens (including phenoxy) is 1. The number of methoxy groups -OCH3 is 1. The number of fused-ring (bicyclic) bond motifs is 1. The van der Waals surface area contributed by atoms with Crippen molar-refractivity contribution in [3.63, 3.8) is 0 Å². The molecule has 0 bridgehead atoms. The standard InChI is InChI=1S/C12H18N2O/c1-8(2)12-7-13-11-6-9(15-3)4-5-10(11)14-12/h4-6,8,12-14H,7H2,1-3H3. The zero-order valence-corrected chi connectivity index (χ0v) is 9.50. The van der Waals surface area contributed by atoms with Crippen molar-refractivity contribution in [1.29, 1.82) is 0 Å². The molecule has 1 aromatic rings. The number of benzene rings is 1. The van der Waals surface area contributed by atoms with Gasteiger partial charge in [0.15, 0.2) is 0 Å². The van der Waals surface area contributed by atoms with Gasteiger partial charge in [-0.3, -0.25) is 0 Å². The molecule has 0 radical (unpaired) electrons. The molecular weight excluding hydrogens is 188 g/mol. The zero-order chi connectivity index (χ0) is 10.8. The van der Waals surface area contributed by atoms with Crippen LogP contribution in [0.5, 0.6) is 5.75 Å². The lowest BCUT2D eigenvalue weighted by atomic mass is 10.0. The topological polar surface area (TPSA) is 33.3 Å². The molecule has 0 saturated carbocycles. The number of rotatable bonds is 2. The van der Waals surface area contributed by atoms with E-state index in [1.807, 2.05) is 12.1 Å². The van der Waals surface area contributed by atoms with Crippen molar-refractivity contribution >= 4 is 11.4 Å². The van der Waals surface area contributed by atoms with Gasteiger partial charge in [0.1, 0.15) is 5.75 Å². The lowest BCUT2D eigenvalue weighted by Gasteiger charge is -2.31. The van der Waals surface area contributed by atoms with Crippen molar-refractivity contribution in [2.45, 2.75) is 19.9 Å². The van der Waals surface area contributed by atoms with Crippen LogP contribution >= 0.6 is 0 Å². The minimum absolute atomic E-state index is 0.505. The molecule has 82 valence electrons. The third-order valence-electron chi connectivity index (χ3n) is 2.88. The molecule has 0 spiro atoms. The monoisotopic (exact) mass is 206 g/mol. The number of hydrogen-bond acceptors (Lipinski definition) is 3. The summed E-state index contributed by atoms with van der Waals surface area (Å²) in [6.45, 7) is 5.43. The van der Waals surface area contributed by atoms with Crippen molar-refractivity contribution < 1.29 is 4.74 Å². The molecule has 1 aliphatic heterocycles. The molecule has 0 fully saturated rings. The van der Waals surface area contributed by atoms with Crippen LogP contribution < -0.4 is 15.4 Å². The molecule has 3 heteroatoms. The Labute approximate surface area is 90.8 Å². The molecule has 0 saturated heterocycles. The van der Waals surface area contributed by atoms with Gasteiger partial charge in [-0.25, -0.2) is 0 Å². The van der Waals surface area contributed by atoms with Crippen LogP contribution in [0.2, 0.25) is 0 Å². The molecule has 1 aliphatic rings. The molecule has 2 rings (SSSR count). The van der Waals surface area contributed by atoms with Gasteiger partial charge in [0.05, 0.1) is 18.5 Å². The summed E-state index contributed by atoms with van der Waals surface area (Å²) >= 11 is 0. The molecule has 3 nitrogen and oxygen atoms in total. The van der Waals surface area contributed by atoms with Gasteiger partial charge in [-0.05, 0) is 18.1 Å². The first kappa shape index (κ1) is 10.1. The number of nitrogens with one attached hydrogen (secondary N) is 2. The van der Waals surface area contributed by atoms with E-state index in [2.05, 4.69) is 30.5 Å². The van der Waals surface area contributed by atoms with E-state index in [1.54, 1.807) is 7.11 Å². The second-order valence-corrected chi connectivity index (χ2v) is 4.29. The van der Waals surface area contributed by atoms with E-state index in [1.165, 1.54) is 5.69 Å². The predicted molar refractivity (Wildman–Crippen MR) is 63.7 cm³/mol. The Kier molecular flexibility index (Phi) is 2.71.